The van der Waals surface area contributed by atoms with Crippen molar-refractivity contribution >= 4 is 17.0 Å². The third-order valence-electron chi connectivity index (χ3n) is 4.27. The van der Waals surface area contributed by atoms with Crippen molar-refractivity contribution in [2.75, 3.05) is 14.2 Å². The molecule has 26 heavy (non-hydrogen) atoms. The lowest BCUT2D eigenvalue weighted by Gasteiger charge is -2.12. The number of benzene rings is 2. The van der Waals surface area contributed by atoms with Crippen LogP contribution in [-0.4, -0.2) is 29.7 Å². The largest absolute Gasteiger partial charge is 0.497 e. The first-order chi connectivity index (χ1) is 12.7. The average molecular weight is 349 g/mol. The average Bonchev–Trinajstić information content (AvgIpc) is 3.04. The molecular weight excluding hydrogens is 330 g/mol. The molecule has 0 saturated heterocycles. The topological polar surface area (TPSA) is 77.1 Å². The fraction of sp³-hybridized carbons (Fsp3) is 0.250. The van der Waals surface area contributed by atoms with Crippen molar-refractivity contribution in [2.24, 2.45) is 0 Å². The second kappa shape index (κ2) is 7.70. The normalized spacial score (nSPS) is 11.7. The predicted molar refractivity (Wildman–Crippen MR) is 96.8 cm³/mol. The fourth-order valence-electron chi connectivity index (χ4n) is 2.91. The molecule has 0 saturated carbocycles. The lowest BCUT2D eigenvalue weighted by atomic mass is 9.99. The molecule has 132 valence electrons. The predicted octanol–water partition coefficient (Wildman–Crippen LogP) is 3.07. The van der Waals surface area contributed by atoms with Crippen molar-refractivity contribution in [3.63, 3.8) is 0 Å². The summed E-state index contributed by atoms with van der Waals surface area (Å²) in [6, 6.07) is 17.4. The number of carbonyl (C=O) groups is 1. The molecular formula is C20H19N3O3. The van der Waals surface area contributed by atoms with Gasteiger partial charge in [-0.3, -0.25) is 4.79 Å². The summed E-state index contributed by atoms with van der Waals surface area (Å²) in [5, 5.41) is 9.74. The second-order valence-electron chi connectivity index (χ2n) is 5.85. The number of fused-ring (bicyclic) bond motifs is 1. The summed E-state index contributed by atoms with van der Waals surface area (Å²) in [4.78, 5) is 16.5. The van der Waals surface area contributed by atoms with Gasteiger partial charge in [0.25, 0.3) is 0 Å². The zero-order valence-electron chi connectivity index (χ0n) is 14.7. The molecule has 6 nitrogen and oxygen atoms in total. The van der Waals surface area contributed by atoms with Crippen LogP contribution in [0.1, 0.15) is 17.3 Å². The van der Waals surface area contributed by atoms with E-state index in [4.69, 9.17) is 9.47 Å². The molecule has 0 spiro atoms. The second-order valence-corrected chi connectivity index (χ2v) is 5.85. The van der Waals surface area contributed by atoms with Crippen molar-refractivity contribution in [2.45, 2.75) is 18.9 Å². The van der Waals surface area contributed by atoms with E-state index in [0.29, 0.717) is 12.2 Å². The summed E-state index contributed by atoms with van der Waals surface area (Å²) in [5.74, 6) is 0.464. The van der Waals surface area contributed by atoms with Crippen molar-refractivity contribution in [1.82, 2.24) is 9.55 Å². The van der Waals surface area contributed by atoms with Crippen molar-refractivity contribution in [3.05, 3.63) is 59.9 Å². The molecule has 1 heterocycles. The number of nitrogens with zero attached hydrogens (tertiary/aromatic N) is 3. The number of hydrogen-bond acceptors (Lipinski definition) is 5. The van der Waals surface area contributed by atoms with Crippen LogP contribution >= 0.6 is 0 Å². The minimum absolute atomic E-state index is 0.0210. The molecule has 0 unspecified atom stereocenters. The monoisotopic (exact) mass is 349 g/mol. The van der Waals surface area contributed by atoms with Gasteiger partial charge in [-0.1, -0.05) is 24.3 Å². The highest BCUT2D eigenvalue weighted by molar-refractivity contribution is 5.79. The Hall–Kier alpha value is -3.33. The first-order valence-electron chi connectivity index (χ1n) is 8.20. The number of rotatable bonds is 6. The summed E-state index contributed by atoms with van der Waals surface area (Å²) < 4.78 is 11.7. The summed E-state index contributed by atoms with van der Waals surface area (Å²) in [6.45, 7) is 0.0210. The molecule has 0 fully saturated rings. The summed E-state index contributed by atoms with van der Waals surface area (Å²) >= 11 is 0. The van der Waals surface area contributed by atoms with Crippen LogP contribution in [0.4, 0.5) is 0 Å². The highest BCUT2D eigenvalue weighted by Gasteiger charge is 2.22. The lowest BCUT2D eigenvalue weighted by Crippen LogP contribution is -2.16. The van der Waals surface area contributed by atoms with E-state index in [1.807, 2.05) is 48.5 Å². The Morgan fingerprint density at radius 3 is 2.58 bits per heavy atom. The zero-order valence-corrected chi connectivity index (χ0v) is 14.7. The van der Waals surface area contributed by atoms with E-state index in [1.165, 1.54) is 7.11 Å². The molecule has 3 rings (SSSR count). The van der Waals surface area contributed by atoms with Gasteiger partial charge < -0.3 is 14.0 Å². The Balaban J connectivity index is 1.98. The first kappa shape index (κ1) is 17.5. The van der Waals surface area contributed by atoms with Crippen molar-refractivity contribution in [3.8, 4) is 11.8 Å². The Kier molecular flexibility index (Phi) is 5.18. The molecule has 1 aromatic heterocycles. The number of ether oxygens (including phenoxy) is 2. The number of aromatic nitrogens is 2. The Bertz CT molecular complexity index is 955. The van der Waals surface area contributed by atoms with Crippen LogP contribution in [0, 0.1) is 11.3 Å². The van der Waals surface area contributed by atoms with E-state index in [2.05, 4.69) is 11.1 Å². The fourth-order valence-corrected chi connectivity index (χ4v) is 2.91. The number of para-hydroxylation sites is 2. The maximum Gasteiger partial charge on any atom is 0.325 e. The lowest BCUT2D eigenvalue weighted by molar-refractivity contribution is -0.141. The quantitative estimate of drug-likeness (QED) is 0.639. The van der Waals surface area contributed by atoms with Gasteiger partial charge in [0.1, 0.15) is 24.0 Å². The molecule has 0 N–H and O–H groups in total. The van der Waals surface area contributed by atoms with E-state index >= 15 is 0 Å². The Labute approximate surface area is 151 Å². The van der Waals surface area contributed by atoms with Gasteiger partial charge in [-0.2, -0.15) is 5.26 Å². The van der Waals surface area contributed by atoms with Gasteiger partial charge in [0.15, 0.2) is 0 Å². The summed E-state index contributed by atoms with van der Waals surface area (Å²) in [5.41, 5.74) is 2.55. The van der Waals surface area contributed by atoms with E-state index < -0.39 is 5.92 Å². The summed E-state index contributed by atoms with van der Waals surface area (Å²) in [7, 11) is 2.96. The van der Waals surface area contributed by atoms with E-state index in [1.54, 1.807) is 11.7 Å². The third-order valence-corrected chi connectivity index (χ3v) is 4.27. The van der Waals surface area contributed by atoms with E-state index in [-0.39, 0.29) is 12.5 Å². The Morgan fingerprint density at radius 2 is 1.92 bits per heavy atom. The third kappa shape index (κ3) is 3.52. The molecule has 3 aromatic rings. The number of nitriles is 1. The van der Waals surface area contributed by atoms with Crippen LogP contribution in [0.15, 0.2) is 48.5 Å². The first-order valence-corrected chi connectivity index (χ1v) is 8.20. The van der Waals surface area contributed by atoms with Gasteiger partial charge in [-0.25, -0.2) is 4.98 Å². The van der Waals surface area contributed by atoms with Crippen LogP contribution in [0.3, 0.4) is 0 Å². The highest BCUT2D eigenvalue weighted by Crippen LogP contribution is 2.25. The molecule has 0 aliphatic carbocycles. The molecule has 1 atom stereocenters. The maximum absolute atomic E-state index is 11.8. The van der Waals surface area contributed by atoms with Gasteiger partial charge in [0, 0.05) is 0 Å². The molecule has 6 heteroatoms. The molecule has 0 radical (unpaired) electrons. The van der Waals surface area contributed by atoms with Crippen LogP contribution in [0.25, 0.3) is 11.0 Å². The highest BCUT2D eigenvalue weighted by atomic mass is 16.5. The minimum Gasteiger partial charge on any atom is -0.497 e. The minimum atomic E-state index is -0.486. The van der Waals surface area contributed by atoms with E-state index in [9.17, 15) is 10.1 Å². The summed E-state index contributed by atoms with van der Waals surface area (Å²) in [6.07, 6.45) is 0.491. The number of hydrogen-bond donors (Lipinski definition) is 0. The zero-order chi connectivity index (χ0) is 18.5. The van der Waals surface area contributed by atoms with Crippen LogP contribution in [-0.2, 0) is 22.5 Å². The van der Waals surface area contributed by atoms with Crippen molar-refractivity contribution < 1.29 is 14.3 Å². The van der Waals surface area contributed by atoms with Gasteiger partial charge in [0.05, 0.1) is 31.3 Å². The van der Waals surface area contributed by atoms with Crippen LogP contribution < -0.4 is 4.74 Å². The van der Waals surface area contributed by atoms with Gasteiger partial charge in [-0.15, -0.1) is 0 Å². The van der Waals surface area contributed by atoms with Crippen LogP contribution in [0.5, 0.6) is 5.75 Å². The molecule has 0 aliphatic rings. The van der Waals surface area contributed by atoms with Gasteiger partial charge in [0.2, 0.25) is 0 Å². The van der Waals surface area contributed by atoms with Crippen molar-refractivity contribution in [1.29, 1.82) is 5.26 Å². The van der Waals surface area contributed by atoms with Gasteiger partial charge >= 0.3 is 5.97 Å². The molecule has 0 bridgehead atoms. The molecule has 2 aromatic carbocycles. The maximum atomic E-state index is 11.8. The van der Waals surface area contributed by atoms with Gasteiger partial charge in [-0.05, 0) is 36.2 Å². The number of methoxy groups -OCH3 is 2. The molecule has 0 aliphatic heterocycles. The number of imidazole rings is 1. The number of carbonyl (C=O) groups excluding carboxylic acids is 1. The molecule has 0 amide bonds. The smallest absolute Gasteiger partial charge is 0.325 e. The Morgan fingerprint density at radius 1 is 1.19 bits per heavy atom. The van der Waals surface area contributed by atoms with Crippen LogP contribution in [0.2, 0.25) is 0 Å². The van der Waals surface area contributed by atoms with E-state index in [0.717, 1.165) is 22.3 Å². The standard InChI is InChI=1S/C20H19N3O3/c1-25-16-9-7-14(8-10-16)11-15(12-21)20-22-17-5-3-4-6-18(17)23(20)13-19(24)26-2/h3-10,15H,11,13H2,1-2H3/t15-/m1/s1. The SMILES string of the molecule is COC(=O)Cn1c([C@@H](C#N)Cc2ccc(OC)cc2)nc2ccccc21. The number of esters is 1.